The maximum atomic E-state index is 3.91. The second kappa shape index (κ2) is 8.84. The van der Waals surface area contributed by atoms with Crippen molar-refractivity contribution in [3.63, 3.8) is 0 Å². The molecule has 5 aromatic carbocycles. The lowest BCUT2D eigenvalue weighted by Gasteiger charge is -2.11. The fraction of sp³-hybridized carbons (Fsp3) is 0.0270. The fourth-order valence-corrected chi connectivity index (χ4v) is 7.47. The molecule has 0 atom stereocenters. The van der Waals surface area contributed by atoms with E-state index in [0.29, 0.717) is 0 Å². The van der Waals surface area contributed by atoms with Crippen LogP contribution in [0, 0.1) is 6.92 Å². The van der Waals surface area contributed by atoms with Gasteiger partial charge < -0.3 is 9.13 Å². The average molecular weight is 531 g/mol. The van der Waals surface area contributed by atoms with Gasteiger partial charge >= 0.3 is 0 Å². The van der Waals surface area contributed by atoms with Gasteiger partial charge in [0.2, 0.25) is 0 Å². The summed E-state index contributed by atoms with van der Waals surface area (Å²) in [6.45, 7) is 6.13. The standard InChI is InChI=1S/C37H26N2S/c1-3-4-16-30-24(2)29-23-26(19-20-32(29)38(30)25-12-6-5-7-13-25)39-31-17-10-8-14-27(31)36-33(39)21-22-35-37(36)28-15-9-11-18-34(28)40-35/h3-23H,1H2,2H3/b16-4-. The van der Waals surface area contributed by atoms with Gasteiger partial charge in [0.1, 0.15) is 0 Å². The van der Waals surface area contributed by atoms with Crippen molar-refractivity contribution in [1.82, 2.24) is 9.13 Å². The molecule has 0 aliphatic heterocycles. The second-order valence-electron chi connectivity index (χ2n) is 10.3. The summed E-state index contributed by atoms with van der Waals surface area (Å²) in [7, 11) is 0. The molecule has 0 saturated carbocycles. The molecule has 0 bridgehead atoms. The van der Waals surface area contributed by atoms with E-state index in [1.54, 1.807) is 0 Å². The van der Waals surface area contributed by atoms with Gasteiger partial charge in [0.25, 0.3) is 0 Å². The van der Waals surface area contributed by atoms with Crippen molar-refractivity contribution in [2.24, 2.45) is 0 Å². The Morgan fingerprint density at radius 1 is 0.600 bits per heavy atom. The molecule has 0 unspecified atom stereocenters. The van der Waals surface area contributed by atoms with Gasteiger partial charge in [0.05, 0.1) is 16.6 Å². The fourth-order valence-electron chi connectivity index (χ4n) is 6.36. The van der Waals surface area contributed by atoms with Crippen LogP contribution in [0.25, 0.3) is 70.3 Å². The minimum Gasteiger partial charge on any atom is -0.310 e. The first-order valence-electron chi connectivity index (χ1n) is 13.6. The number of aryl methyl sites for hydroxylation is 1. The van der Waals surface area contributed by atoms with E-state index in [9.17, 15) is 0 Å². The molecule has 3 aromatic heterocycles. The first-order valence-corrected chi connectivity index (χ1v) is 14.4. The van der Waals surface area contributed by atoms with Crippen molar-refractivity contribution in [3.05, 3.63) is 139 Å². The Balaban J connectivity index is 1.46. The number of aromatic nitrogens is 2. The maximum absolute atomic E-state index is 3.91. The molecule has 0 radical (unpaired) electrons. The van der Waals surface area contributed by atoms with E-state index in [2.05, 4.69) is 138 Å². The summed E-state index contributed by atoms with van der Waals surface area (Å²) in [5.74, 6) is 0. The summed E-state index contributed by atoms with van der Waals surface area (Å²) in [6.07, 6.45) is 6.02. The molecule has 40 heavy (non-hydrogen) atoms. The van der Waals surface area contributed by atoms with Crippen LogP contribution < -0.4 is 0 Å². The topological polar surface area (TPSA) is 9.86 Å². The zero-order valence-corrected chi connectivity index (χ0v) is 23.0. The molecule has 3 heteroatoms. The number of fused-ring (bicyclic) bond motifs is 8. The Morgan fingerprint density at radius 2 is 1.32 bits per heavy atom. The Kier molecular flexibility index (Phi) is 5.10. The minimum atomic E-state index is 1.15. The molecule has 2 nitrogen and oxygen atoms in total. The van der Waals surface area contributed by atoms with Crippen LogP contribution in [0.4, 0.5) is 0 Å². The lowest BCUT2D eigenvalue weighted by atomic mass is 10.1. The number of hydrogen-bond donors (Lipinski definition) is 0. The quantitative estimate of drug-likeness (QED) is 0.200. The number of para-hydroxylation sites is 2. The van der Waals surface area contributed by atoms with Crippen LogP contribution in [-0.4, -0.2) is 9.13 Å². The predicted octanol–water partition coefficient (Wildman–Crippen LogP) is 10.6. The molecule has 0 saturated heterocycles. The molecule has 8 aromatic rings. The van der Waals surface area contributed by atoms with Crippen molar-refractivity contribution < 1.29 is 0 Å². The predicted molar refractivity (Wildman–Crippen MR) is 174 cm³/mol. The summed E-state index contributed by atoms with van der Waals surface area (Å²) < 4.78 is 7.46. The molecule has 0 aliphatic rings. The zero-order valence-electron chi connectivity index (χ0n) is 22.1. The molecule has 3 heterocycles. The van der Waals surface area contributed by atoms with Crippen LogP contribution in [-0.2, 0) is 0 Å². The lowest BCUT2D eigenvalue weighted by Crippen LogP contribution is -1.97. The Morgan fingerprint density at radius 3 is 2.17 bits per heavy atom. The number of hydrogen-bond acceptors (Lipinski definition) is 1. The van der Waals surface area contributed by atoms with Crippen molar-refractivity contribution in [3.8, 4) is 11.4 Å². The van der Waals surface area contributed by atoms with Gasteiger partial charge in [-0.2, -0.15) is 0 Å². The van der Waals surface area contributed by atoms with Gasteiger partial charge in [-0.1, -0.05) is 73.3 Å². The monoisotopic (exact) mass is 530 g/mol. The smallest absolute Gasteiger partial charge is 0.0548 e. The van der Waals surface area contributed by atoms with E-state index in [-0.39, 0.29) is 0 Å². The highest BCUT2D eigenvalue weighted by atomic mass is 32.1. The number of thiophene rings is 1. The van der Waals surface area contributed by atoms with E-state index in [4.69, 9.17) is 0 Å². The SMILES string of the molecule is C=C/C=C\c1c(C)c2cc(-n3c4ccccc4c4c5c(ccc43)sc3ccccc35)ccc2n1-c1ccccc1. The molecule has 0 fully saturated rings. The minimum absolute atomic E-state index is 1.15. The lowest BCUT2D eigenvalue weighted by molar-refractivity contribution is 1.10. The summed E-state index contributed by atoms with van der Waals surface area (Å²) in [6, 6.07) is 39.7. The van der Waals surface area contributed by atoms with Crippen LogP contribution in [0.3, 0.4) is 0 Å². The molecule has 0 aliphatic carbocycles. The highest BCUT2D eigenvalue weighted by molar-refractivity contribution is 7.26. The van der Waals surface area contributed by atoms with Crippen molar-refractivity contribution in [1.29, 1.82) is 0 Å². The van der Waals surface area contributed by atoms with Crippen LogP contribution in [0.2, 0.25) is 0 Å². The third-order valence-corrected chi connectivity index (χ3v) is 9.23. The Labute approximate surface area is 236 Å². The molecular weight excluding hydrogens is 504 g/mol. The summed E-state index contributed by atoms with van der Waals surface area (Å²) in [4.78, 5) is 0. The van der Waals surface area contributed by atoms with Crippen LogP contribution in [0.15, 0.2) is 128 Å². The van der Waals surface area contributed by atoms with E-state index in [0.717, 1.165) is 5.69 Å². The normalized spacial score (nSPS) is 12.1. The highest BCUT2D eigenvalue weighted by Crippen LogP contribution is 2.43. The summed E-state index contributed by atoms with van der Waals surface area (Å²) in [5.41, 5.74) is 8.42. The molecule has 190 valence electrons. The van der Waals surface area contributed by atoms with Gasteiger partial charge in [-0.05, 0) is 73.2 Å². The third-order valence-electron chi connectivity index (χ3n) is 8.09. The van der Waals surface area contributed by atoms with E-state index in [1.165, 1.54) is 69.8 Å². The van der Waals surface area contributed by atoms with E-state index in [1.807, 2.05) is 23.5 Å². The van der Waals surface area contributed by atoms with Gasteiger partial charge in [-0.3, -0.25) is 0 Å². The Hall–Kier alpha value is -4.86. The molecule has 0 spiro atoms. The summed E-state index contributed by atoms with van der Waals surface area (Å²) >= 11 is 1.88. The molecule has 0 amide bonds. The van der Waals surface area contributed by atoms with E-state index >= 15 is 0 Å². The first-order chi connectivity index (χ1) is 19.7. The van der Waals surface area contributed by atoms with Crippen LogP contribution in [0.5, 0.6) is 0 Å². The van der Waals surface area contributed by atoms with Crippen molar-refractivity contribution in [2.75, 3.05) is 0 Å². The summed E-state index contributed by atoms with van der Waals surface area (Å²) in [5, 5.41) is 6.56. The number of benzene rings is 5. The number of allylic oxidation sites excluding steroid dienone is 2. The third kappa shape index (κ3) is 3.22. The van der Waals surface area contributed by atoms with Gasteiger partial charge in [0, 0.05) is 53.4 Å². The van der Waals surface area contributed by atoms with E-state index < -0.39 is 0 Å². The zero-order chi connectivity index (χ0) is 26.8. The largest absolute Gasteiger partial charge is 0.310 e. The molecule has 0 N–H and O–H groups in total. The number of rotatable bonds is 4. The van der Waals surface area contributed by atoms with Crippen LogP contribution >= 0.6 is 11.3 Å². The van der Waals surface area contributed by atoms with Gasteiger partial charge in [-0.15, -0.1) is 11.3 Å². The molecule has 8 rings (SSSR count). The van der Waals surface area contributed by atoms with Gasteiger partial charge in [0.15, 0.2) is 0 Å². The second-order valence-corrected chi connectivity index (χ2v) is 11.3. The highest BCUT2D eigenvalue weighted by Gasteiger charge is 2.19. The van der Waals surface area contributed by atoms with Gasteiger partial charge in [-0.25, -0.2) is 0 Å². The average Bonchev–Trinajstić information content (AvgIpc) is 3.63. The number of nitrogens with zero attached hydrogens (tertiary/aromatic N) is 2. The van der Waals surface area contributed by atoms with Crippen molar-refractivity contribution in [2.45, 2.75) is 6.92 Å². The maximum Gasteiger partial charge on any atom is 0.0548 e. The van der Waals surface area contributed by atoms with Crippen molar-refractivity contribution >= 4 is 70.3 Å². The first kappa shape index (κ1) is 23.1. The Bertz CT molecular complexity index is 2290. The molecular formula is C37H26N2S. The van der Waals surface area contributed by atoms with Crippen LogP contribution in [0.1, 0.15) is 11.3 Å².